The van der Waals surface area contributed by atoms with Gasteiger partial charge in [0.2, 0.25) is 0 Å². The molecule has 0 saturated carbocycles. The smallest absolute Gasteiger partial charge is 0.309 e. The van der Waals surface area contributed by atoms with Gasteiger partial charge in [0.05, 0.1) is 12.1 Å². The Labute approximate surface area is 103 Å². The number of aliphatic hydroxyl groups excluding tert-OH is 1. The second kappa shape index (κ2) is 7.65. The minimum absolute atomic E-state index is 0.00156. The third-order valence-electron chi connectivity index (χ3n) is 1.89. The topological polar surface area (TPSA) is 70.4 Å². The van der Waals surface area contributed by atoms with Crippen LogP contribution in [0.15, 0.2) is 9.72 Å². The quantitative estimate of drug-likeness (QED) is 0.553. The molecule has 1 rings (SSSR count). The summed E-state index contributed by atoms with van der Waals surface area (Å²) in [5.74, 6) is 0.129. The fraction of sp³-hybridized carbons (Fsp3) is 0.600. The molecule has 0 spiro atoms. The summed E-state index contributed by atoms with van der Waals surface area (Å²) in [6.07, 6.45) is 2.93. The highest BCUT2D eigenvalue weighted by Crippen LogP contribution is 2.23. The van der Waals surface area contributed by atoms with Gasteiger partial charge in [0.25, 0.3) is 0 Å². The molecule has 0 aromatic carbocycles. The first-order chi connectivity index (χ1) is 7.72. The van der Waals surface area contributed by atoms with Crippen LogP contribution in [0.25, 0.3) is 0 Å². The molecule has 0 unspecified atom stereocenters. The van der Waals surface area contributed by atoms with E-state index in [0.29, 0.717) is 5.69 Å². The lowest BCUT2D eigenvalue weighted by molar-refractivity contribution is -0.136. The van der Waals surface area contributed by atoms with Crippen molar-refractivity contribution < 1.29 is 15.0 Å². The SMILES string of the molecule is O=C(O)Cc1csc(SCCCCCO)n1. The molecule has 90 valence electrons. The first-order valence-corrected chi connectivity index (χ1v) is 6.98. The second-order valence-corrected chi connectivity index (χ2v) is 5.51. The zero-order valence-corrected chi connectivity index (χ0v) is 10.5. The third kappa shape index (κ3) is 5.48. The molecule has 0 aliphatic heterocycles. The zero-order chi connectivity index (χ0) is 11.8. The van der Waals surface area contributed by atoms with Crippen molar-refractivity contribution in [3.05, 3.63) is 11.1 Å². The minimum Gasteiger partial charge on any atom is -0.481 e. The van der Waals surface area contributed by atoms with Crippen LogP contribution in [-0.2, 0) is 11.2 Å². The number of unbranched alkanes of at least 4 members (excludes halogenated alkanes) is 2. The van der Waals surface area contributed by atoms with E-state index in [1.165, 1.54) is 11.3 Å². The van der Waals surface area contributed by atoms with Crippen LogP contribution in [0.5, 0.6) is 0 Å². The molecule has 4 nitrogen and oxygen atoms in total. The summed E-state index contributed by atoms with van der Waals surface area (Å²) < 4.78 is 0.931. The molecule has 2 N–H and O–H groups in total. The van der Waals surface area contributed by atoms with Gasteiger partial charge < -0.3 is 10.2 Å². The largest absolute Gasteiger partial charge is 0.481 e. The first-order valence-electron chi connectivity index (χ1n) is 5.12. The summed E-state index contributed by atoms with van der Waals surface area (Å²) in [6.45, 7) is 0.255. The molecule has 1 heterocycles. The van der Waals surface area contributed by atoms with Crippen LogP contribution in [0.3, 0.4) is 0 Å². The van der Waals surface area contributed by atoms with Crippen molar-refractivity contribution >= 4 is 29.1 Å². The van der Waals surface area contributed by atoms with Crippen molar-refractivity contribution in [1.82, 2.24) is 4.98 Å². The molecule has 0 amide bonds. The first kappa shape index (κ1) is 13.5. The molecule has 1 aromatic heterocycles. The molecule has 6 heteroatoms. The average Bonchev–Trinajstić information content (AvgIpc) is 2.64. The Morgan fingerprint density at radius 1 is 1.44 bits per heavy atom. The maximum absolute atomic E-state index is 10.4. The van der Waals surface area contributed by atoms with Crippen molar-refractivity contribution in [2.24, 2.45) is 0 Å². The number of nitrogens with zero attached hydrogens (tertiary/aromatic N) is 1. The van der Waals surface area contributed by atoms with Gasteiger partial charge in [0.15, 0.2) is 0 Å². The molecule has 0 aliphatic carbocycles. The summed E-state index contributed by atoms with van der Waals surface area (Å²) in [6, 6.07) is 0. The lowest BCUT2D eigenvalue weighted by Gasteiger charge is -1.96. The Hall–Kier alpha value is -0.590. The normalized spacial score (nSPS) is 10.6. The fourth-order valence-electron chi connectivity index (χ4n) is 1.14. The molecule has 16 heavy (non-hydrogen) atoms. The molecule has 0 atom stereocenters. The number of thioether (sulfide) groups is 1. The van der Waals surface area contributed by atoms with E-state index in [-0.39, 0.29) is 13.0 Å². The molecule has 0 saturated heterocycles. The number of hydrogen-bond donors (Lipinski definition) is 2. The van der Waals surface area contributed by atoms with Crippen LogP contribution >= 0.6 is 23.1 Å². The summed E-state index contributed by atoms with van der Waals surface area (Å²) in [5.41, 5.74) is 0.635. The summed E-state index contributed by atoms with van der Waals surface area (Å²) in [5, 5.41) is 19.0. The highest BCUT2D eigenvalue weighted by Gasteiger charge is 2.06. The van der Waals surface area contributed by atoms with E-state index in [4.69, 9.17) is 10.2 Å². The zero-order valence-electron chi connectivity index (χ0n) is 8.89. The van der Waals surface area contributed by atoms with Crippen molar-refractivity contribution in [2.45, 2.75) is 30.0 Å². The number of carbonyl (C=O) groups is 1. The number of rotatable bonds is 8. The van der Waals surface area contributed by atoms with E-state index < -0.39 is 5.97 Å². The van der Waals surface area contributed by atoms with Crippen LogP contribution in [-0.4, -0.2) is 33.5 Å². The van der Waals surface area contributed by atoms with Crippen molar-refractivity contribution in [1.29, 1.82) is 0 Å². The summed E-state index contributed by atoms with van der Waals surface area (Å²) >= 11 is 3.15. The maximum Gasteiger partial charge on any atom is 0.309 e. The minimum atomic E-state index is -0.843. The summed E-state index contributed by atoms with van der Waals surface area (Å²) in [7, 11) is 0. The monoisotopic (exact) mass is 261 g/mol. The van der Waals surface area contributed by atoms with Crippen LogP contribution < -0.4 is 0 Å². The third-order valence-corrected chi connectivity index (χ3v) is 4.05. The van der Waals surface area contributed by atoms with E-state index >= 15 is 0 Å². The Bertz CT molecular complexity index is 328. The Morgan fingerprint density at radius 3 is 2.94 bits per heavy atom. The number of carboxylic acid groups (broad SMARTS) is 1. The van der Waals surface area contributed by atoms with E-state index in [9.17, 15) is 4.79 Å². The molecule has 0 aliphatic rings. The number of carboxylic acids is 1. The fourth-order valence-corrected chi connectivity index (χ4v) is 3.06. The highest BCUT2D eigenvalue weighted by atomic mass is 32.2. The van der Waals surface area contributed by atoms with Gasteiger partial charge >= 0.3 is 5.97 Å². The molecular weight excluding hydrogens is 246 g/mol. The number of thiazole rings is 1. The van der Waals surface area contributed by atoms with E-state index in [2.05, 4.69) is 4.98 Å². The van der Waals surface area contributed by atoms with Gasteiger partial charge in [-0.2, -0.15) is 0 Å². The van der Waals surface area contributed by atoms with Gasteiger partial charge in [-0.3, -0.25) is 4.79 Å². The van der Waals surface area contributed by atoms with Crippen LogP contribution in [0, 0.1) is 0 Å². The second-order valence-electron chi connectivity index (χ2n) is 3.31. The maximum atomic E-state index is 10.4. The predicted octanol–water partition coefficient (Wildman–Crippen LogP) is 2.02. The molecule has 1 aromatic rings. The number of aromatic nitrogens is 1. The van der Waals surface area contributed by atoms with Gasteiger partial charge in [0, 0.05) is 17.7 Å². The number of hydrogen-bond acceptors (Lipinski definition) is 5. The molecular formula is C10H15NO3S2. The Balaban J connectivity index is 2.21. The highest BCUT2D eigenvalue weighted by molar-refractivity contribution is 8.00. The molecule has 0 fully saturated rings. The van der Waals surface area contributed by atoms with E-state index in [1.807, 2.05) is 0 Å². The lowest BCUT2D eigenvalue weighted by Crippen LogP contribution is -1.99. The number of aliphatic carboxylic acids is 1. The van der Waals surface area contributed by atoms with Gasteiger partial charge in [-0.25, -0.2) is 4.98 Å². The standard InChI is InChI=1S/C10H15NO3S2/c12-4-2-1-3-5-15-10-11-8(7-16-10)6-9(13)14/h7,12H,1-6H2,(H,13,14). The Morgan fingerprint density at radius 2 is 2.25 bits per heavy atom. The molecule has 0 bridgehead atoms. The average molecular weight is 261 g/mol. The van der Waals surface area contributed by atoms with E-state index in [0.717, 1.165) is 29.4 Å². The van der Waals surface area contributed by atoms with Gasteiger partial charge in [-0.05, 0) is 12.8 Å². The predicted molar refractivity (Wildman–Crippen MR) is 65.1 cm³/mol. The Kier molecular flexibility index (Phi) is 6.44. The van der Waals surface area contributed by atoms with Gasteiger partial charge in [-0.1, -0.05) is 18.2 Å². The summed E-state index contributed by atoms with van der Waals surface area (Å²) in [4.78, 5) is 14.7. The lowest BCUT2D eigenvalue weighted by atomic mass is 10.3. The van der Waals surface area contributed by atoms with Crippen molar-refractivity contribution in [2.75, 3.05) is 12.4 Å². The van der Waals surface area contributed by atoms with Gasteiger partial charge in [0.1, 0.15) is 4.34 Å². The van der Waals surface area contributed by atoms with Crippen LogP contribution in [0.1, 0.15) is 25.0 Å². The molecule has 0 radical (unpaired) electrons. The van der Waals surface area contributed by atoms with Crippen LogP contribution in [0.2, 0.25) is 0 Å². The van der Waals surface area contributed by atoms with Crippen LogP contribution in [0.4, 0.5) is 0 Å². The van der Waals surface area contributed by atoms with Crippen molar-refractivity contribution in [3.8, 4) is 0 Å². The van der Waals surface area contributed by atoms with Gasteiger partial charge in [-0.15, -0.1) is 11.3 Å². The van der Waals surface area contributed by atoms with E-state index in [1.54, 1.807) is 17.1 Å². The number of aliphatic hydroxyl groups is 1. The van der Waals surface area contributed by atoms with Crippen molar-refractivity contribution in [3.63, 3.8) is 0 Å².